The van der Waals surface area contributed by atoms with Crippen LogP contribution in [-0.2, 0) is 51.9 Å². The van der Waals surface area contributed by atoms with Crippen LogP contribution in [0.15, 0.2) is 49.1 Å². The Balaban J connectivity index is 0.956. The first-order valence-corrected chi connectivity index (χ1v) is 20.3. The Morgan fingerprint density at radius 2 is 1.63 bits per heavy atom. The van der Waals surface area contributed by atoms with Gasteiger partial charge in [-0.25, -0.2) is 19.7 Å². The van der Waals surface area contributed by atoms with Crippen LogP contribution in [0.25, 0.3) is 11.2 Å². The number of aliphatic hydroxyl groups is 3. The number of hydrogen-bond acceptors (Lipinski definition) is 16. The summed E-state index contributed by atoms with van der Waals surface area (Å²) in [5.74, 6) is -3.67. The van der Waals surface area contributed by atoms with Gasteiger partial charge in [0.2, 0.25) is 23.6 Å². The molecule has 2 aromatic heterocycles. The normalized spacial score (nSPS) is 24.3. The van der Waals surface area contributed by atoms with Crippen LogP contribution >= 0.6 is 0 Å². The minimum Gasteiger partial charge on any atom is -0.445 e. The topological polar surface area (TPSA) is 309 Å². The van der Waals surface area contributed by atoms with Crippen molar-refractivity contribution in [2.75, 3.05) is 23.7 Å². The van der Waals surface area contributed by atoms with Crippen LogP contribution in [-0.4, -0.2) is 154 Å². The molecule has 3 aliphatic heterocycles. The van der Waals surface area contributed by atoms with Gasteiger partial charge >= 0.3 is 6.09 Å². The maximum absolute atomic E-state index is 13.5. The first-order chi connectivity index (χ1) is 29.9. The molecule has 8 N–H and O–H groups in total. The Morgan fingerprint density at radius 1 is 0.937 bits per heavy atom. The van der Waals surface area contributed by atoms with Crippen molar-refractivity contribution < 1.29 is 58.4 Å². The third-order valence-electron chi connectivity index (χ3n) is 10.9. The summed E-state index contributed by atoms with van der Waals surface area (Å²) in [6.45, 7) is 6.08. The molecule has 0 aliphatic carbocycles. The van der Waals surface area contributed by atoms with E-state index in [-0.39, 0.29) is 44.3 Å². The van der Waals surface area contributed by atoms with Crippen LogP contribution in [0.5, 0.6) is 0 Å². The molecule has 23 nitrogen and oxygen atoms in total. The molecule has 2 saturated heterocycles. The molecule has 23 heteroatoms. The number of likely N-dealkylation sites (tertiary alicyclic amines) is 1. The maximum Gasteiger partial charge on any atom is 0.410 e. The van der Waals surface area contributed by atoms with Gasteiger partial charge in [0.15, 0.2) is 17.7 Å². The SMILES string of the molecule is CC(C)[C@H](NC(=O)CCN1C(=O)C=CC1=O)C(=O)N[C@@H](C)C(=O)Nc1ccc(COC(=O)N2CC[C@H](O)[C@@H]2C(=O)N[C@@H]2[C@@H](O)[C@H](O)[C@@H](Nc3ncnc4c3ncn4C)O[C@H]2C)cc1. The molecule has 2 fully saturated rings. The summed E-state index contributed by atoms with van der Waals surface area (Å²) >= 11 is 0. The number of amides is 7. The Hall–Kier alpha value is -6.56. The molecule has 1 aromatic carbocycles. The summed E-state index contributed by atoms with van der Waals surface area (Å²) in [4.78, 5) is 104. The zero-order chi connectivity index (χ0) is 45.7. The van der Waals surface area contributed by atoms with Crippen molar-refractivity contribution in [2.45, 2.75) is 102 Å². The number of ether oxygens (including phenoxy) is 2. The molecule has 6 rings (SSSR count). The summed E-state index contributed by atoms with van der Waals surface area (Å²) in [6.07, 6.45) is -2.25. The van der Waals surface area contributed by atoms with Gasteiger partial charge in [-0.1, -0.05) is 26.0 Å². The number of aryl methyl sites for hydroxylation is 1. The zero-order valence-electron chi connectivity index (χ0n) is 35.1. The first kappa shape index (κ1) is 46.0. The van der Waals surface area contributed by atoms with Gasteiger partial charge in [-0.3, -0.25) is 38.6 Å². The summed E-state index contributed by atoms with van der Waals surface area (Å²) in [5.41, 5.74) is 1.83. The quantitative estimate of drug-likeness (QED) is 0.0798. The van der Waals surface area contributed by atoms with E-state index in [9.17, 15) is 48.9 Å². The number of carbonyl (C=O) groups is 7. The van der Waals surface area contributed by atoms with Gasteiger partial charge in [-0.05, 0) is 43.9 Å². The maximum atomic E-state index is 13.5. The molecule has 0 bridgehead atoms. The fourth-order valence-corrected chi connectivity index (χ4v) is 7.30. The van der Waals surface area contributed by atoms with Crippen LogP contribution in [0.2, 0.25) is 0 Å². The molecule has 3 aliphatic rings. The lowest BCUT2D eigenvalue weighted by atomic mass is 9.95. The average molecular weight is 878 g/mol. The molecular formula is C40H51N11O12. The summed E-state index contributed by atoms with van der Waals surface area (Å²) in [5, 5.41) is 46.2. The fourth-order valence-electron chi connectivity index (χ4n) is 7.30. The number of imidazole rings is 1. The third kappa shape index (κ3) is 10.6. The van der Waals surface area contributed by atoms with E-state index in [1.165, 1.54) is 13.3 Å². The van der Waals surface area contributed by atoms with E-state index in [1.807, 2.05) is 0 Å². The van der Waals surface area contributed by atoms with E-state index < -0.39 is 96.3 Å². The number of hydrogen-bond donors (Lipinski definition) is 8. The Labute approximate surface area is 360 Å². The number of anilines is 2. The molecule has 5 heterocycles. The molecule has 9 atom stereocenters. The predicted molar refractivity (Wildman–Crippen MR) is 219 cm³/mol. The highest BCUT2D eigenvalue weighted by atomic mass is 16.6. The van der Waals surface area contributed by atoms with Gasteiger partial charge in [0.1, 0.15) is 48.8 Å². The van der Waals surface area contributed by atoms with Gasteiger partial charge in [0.25, 0.3) is 11.8 Å². The number of imide groups is 1. The number of aliphatic hydroxyl groups excluding tert-OH is 3. The smallest absolute Gasteiger partial charge is 0.410 e. The van der Waals surface area contributed by atoms with Crippen LogP contribution in [0.4, 0.5) is 16.3 Å². The van der Waals surface area contributed by atoms with E-state index in [0.717, 1.165) is 22.0 Å². The molecule has 0 spiro atoms. The van der Waals surface area contributed by atoms with Gasteiger partial charge in [0.05, 0.1) is 24.6 Å². The second-order valence-electron chi connectivity index (χ2n) is 15.8. The minimum atomic E-state index is -1.54. The lowest BCUT2D eigenvalue weighted by Gasteiger charge is -2.42. The van der Waals surface area contributed by atoms with Gasteiger partial charge in [-0.15, -0.1) is 0 Å². The molecule has 0 radical (unpaired) electrons. The molecule has 0 saturated carbocycles. The van der Waals surface area contributed by atoms with Crippen molar-refractivity contribution in [2.24, 2.45) is 13.0 Å². The molecule has 338 valence electrons. The molecule has 3 aromatic rings. The number of rotatable bonds is 15. The van der Waals surface area contributed by atoms with Crippen molar-refractivity contribution in [1.82, 2.24) is 45.3 Å². The van der Waals surface area contributed by atoms with Crippen LogP contribution in [0.3, 0.4) is 0 Å². The van der Waals surface area contributed by atoms with Crippen molar-refractivity contribution in [3.05, 3.63) is 54.6 Å². The van der Waals surface area contributed by atoms with Gasteiger partial charge in [-0.2, -0.15) is 0 Å². The summed E-state index contributed by atoms with van der Waals surface area (Å²) < 4.78 is 13.1. The second-order valence-corrected chi connectivity index (χ2v) is 15.8. The fraction of sp³-hybridized carbons (Fsp3) is 0.500. The highest BCUT2D eigenvalue weighted by molar-refractivity contribution is 6.13. The number of nitrogens with one attached hydrogen (secondary N) is 5. The standard InChI is InChI=1S/C40H51N11O12/c1-19(2)28(46-25(53)13-15-50-26(54)10-11-27(50)55)37(59)44-20(3)36(58)45-23-8-6-22(7-9-23)16-62-40(61)51-14-12-24(52)31(51)38(60)47-29-21(4)63-39(33(57)32(29)56)48-34-30-35(42-17-41-34)49(5)18-43-30/h6-11,17-21,24,28-29,31-33,39,52,56-57H,12-16H2,1-5H3,(H,44,59)(H,45,58)(H,46,53)(H,47,60)(H,41,42,48)/t20-,21-,24-,28-,29-,31+,32+,33-,39-/m0/s1. The Kier molecular flexibility index (Phi) is 14.3. The lowest BCUT2D eigenvalue weighted by Crippen LogP contribution is -2.66. The van der Waals surface area contributed by atoms with E-state index in [1.54, 1.807) is 63.0 Å². The molecule has 7 amide bonds. The van der Waals surface area contributed by atoms with Gasteiger partial charge in [0, 0.05) is 44.4 Å². The van der Waals surface area contributed by atoms with E-state index >= 15 is 0 Å². The van der Waals surface area contributed by atoms with E-state index in [4.69, 9.17) is 9.47 Å². The van der Waals surface area contributed by atoms with Crippen molar-refractivity contribution >= 4 is 64.2 Å². The summed E-state index contributed by atoms with van der Waals surface area (Å²) in [7, 11) is 1.75. The monoisotopic (exact) mass is 877 g/mol. The third-order valence-corrected chi connectivity index (χ3v) is 10.9. The second kappa shape index (κ2) is 19.7. The number of carbonyl (C=O) groups excluding carboxylic acids is 7. The lowest BCUT2D eigenvalue weighted by molar-refractivity contribution is -0.173. The number of benzene rings is 1. The largest absolute Gasteiger partial charge is 0.445 e. The number of fused-ring (bicyclic) bond motifs is 1. The average Bonchev–Trinajstić information content (AvgIpc) is 3.94. The molecular weight excluding hydrogens is 827 g/mol. The molecule has 0 unspecified atom stereocenters. The summed E-state index contributed by atoms with van der Waals surface area (Å²) in [6, 6.07) is 1.75. The van der Waals surface area contributed by atoms with Gasteiger partial charge < -0.3 is 55.9 Å². The van der Waals surface area contributed by atoms with Crippen LogP contribution < -0.4 is 26.6 Å². The molecule has 63 heavy (non-hydrogen) atoms. The Bertz CT molecular complexity index is 2230. The number of nitrogens with zero attached hydrogens (tertiary/aromatic N) is 6. The zero-order valence-corrected chi connectivity index (χ0v) is 35.1. The van der Waals surface area contributed by atoms with E-state index in [0.29, 0.717) is 22.4 Å². The number of aromatic nitrogens is 4. The van der Waals surface area contributed by atoms with Crippen LogP contribution in [0, 0.1) is 5.92 Å². The highest BCUT2D eigenvalue weighted by Gasteiger charge is 2.47. The first-order valence-electron chi connectivity index (χ1n) is 20.3. The predicted octanol–water partition coefficient (Wildman–Crippen LogP) is -1.60. The Morgan fingerprint density at radius 3 is 2.32 bits per heavy atom. The van der Waals surface area contributed by atoms with Crippen molar-refractivity contribution in [3.63, 3.8) is 0 Å². The van der Waals surface area contributed by atoms with Crippen molar-refractivity contribution in [1.29, 1.82) is 0 Å². The van der Waals surface area contributed by atoms with Crippen molar-refractivity contribution in [3.8, 4) is 0 Å². The highest BCUT2D eigenvalue weighted by Crippen LogP contribution is 2.27. The van der Waals surface area contributed by atoms with E-state index in [2.05, 4.69) is 41.5 Å². The van der Waals surface area contributed by atoms with Crippen LogP contribution in [0.1, 0.15) is 46.1 Å². The minimum absolute atomic E-state index is 0.00212.